The molecule has 5 nitrogen and oxygen atoms in total. The van der Waals surface area contributed by atoms with Crippen molar-refractivity contribution in [3.8, 4) is 5.69 Å². The molecule has 1 aliphatic rings. The Morgan fingerprint density at radius 2 is 1.10 bits per heavy atom. The number of aliphatic imine (C=N–C) groups is 2. The molecule has 12 aromatic rings. The molecule has 60 heavy (non-hydrogen) atoms. The van der Waals surface area contributed by atoms with Crippen LogP contribution in [-0.2, 0) is 0 Å². The first kappa shape index (κ1) is 33.0. The Labute approximate surface area is 344 Å². The minimum Gasteiger partial charge on any atom is -0.454 e. The van der Waals surface area contributed by atoms with Crippen molar-refractivity contribution >= 4 is 98.5 Å². The normalized spacial score (nSPS) is 14.5. The maximum absolute atomic E-state index is 7.15. The third-order valence-corrected chi connectivity index (χ3v) is 12.4. The quantitative estimate of drug-likeness (QED) is 0.194. The fraction of sp³-hybridized carbons (Fsp3) is 0.0182. The maximum atomic E-state index is 7.15. The van der Waals surface area contributed by atoms with Crippen LogP contribution in [-0.4, -0.2) is 16.2 Å². The zero-order valence-electron chi connectivity index (χ0n) is 32.3. The molecule has 0 saturated carbocycles. The van der Waals surface area contributed by atoms with Gasteiger partial charge in [-0.15, -0.1) is 0 Å². The van der Waals surface area contributed by atoms with Crippen LogP contribution in [0.15, 0.2) is 209 Å². The van der Waals surface area contributed by atoms with Gasteiger partial charge in [0.15, 0.2) is 11.4 Å². The van der Waals surface area contributed by atoms with E-state index in [2.05, 4.69) is 198 Å². The van der Waals surface area contributed by atoms with Crippen LogP contribution < -0.4 is 5.32 Å². The predicted molar refractivity (Wildman–Crippen MR) is 250 cm³/mol. The molecule has 3 heterocycles. The van der Waals surface area contributed by atoms with E-state index >= 15 is 0 Å². The fourth-order valence-electron chi connectivity index (χ4n) is 9.50. The molecule has 13 rings (SSSR count). The van der Waals surface area contributed by atoms with E-state index in [9.17, 15) is 0 Å². The molecule has 0 radical (unpaired) electrons. The Bertz CT molecular complexity index is 3820. The van der Waals surface area contributed by atoms with Gasteiger partial charge >= 0.3 is 0 Å². The lowest BCUT2D eigenvalue weighted by atomic mass is 10.0. The molecule has 0 saturated heterocycles. The van der Waals surface area contributed by atoms with E-state index in [-0.39, 0.29) is 6.17 Å². The van der Waals surface area contributed by atoms with Gasteiger partial charge in [0.2, 0.25) is 0 Å². The van der Waals surface area contributed by atoms with E-state index in [0.717, 1.165) is 77.3 Å². The van der Waals surface area contributed by atoms with Gasteiger partial charge in [0, 0.05) is 32.7 Å². The molecule has 0 aliphatic carbocycles. The SMILES string of the molecule is c1ccc(C2N=C(c3ccc(-n4c5cc6ccccc6cc5c5c6ccccc6ccc54)c4oc5cc6ccccc6cc5c34)N=C(c3ccc4ccccc4c3)N2)cc1. The zero-order chi connectivity index (χ0) is 39.3. The highest BCUT2D eigenvalue weighted by molar-refractivity contribution is 6.26. The lowest BCUT2D eigenvalue weighted by Crippen LogP contribution is -2.33. The van der Waals surface area contributed by atoms with Crippen LogP contribution in [0, 0.1) is 0 Å². The monoisotopic (exact) mass is 766 g/mol. The largest absolute Gasteiger partial charge is 0.454 e. The standard InChI is InChI=1S/C55H34N4O/c1-2-14-35(15-3-1)53-56-54(41-23-22-33-12-4-5-16-36(33)28-41)58-55(57-53)43-25-27-47(52-51(43)45-30-38-18-7-9-20-40(38)32-49(45)60-52)59-46-26-24-34-13-10-11-21-42(34)50(46)44-29-37-17-6-8-19-39(37)31-48(44)59/h1-32,53H,(H,56,57,58). The van der Waals surface area contributed by atoms with Crippen LogP contribution in [0.5, 0.6) is 0 Å². The number of nitrogens with zero attached hydrogens (tertiary/aromatic N) is 3. The predicted octanol–water partition coefficient (Wildman–Crippen LogP) is 13.8. The van der Waals surface area contributed by atoms with Crippen molar-refractivity contribution < 1.29 is 4.42 Å². The summed E-state index contributed by atoms with van der Waals surface area (Å²) < 4.78 is 9.55. The Kier molecular flexibility index (Phi) is 7.01. The van der Waals surface area contributed by atoms with Gasteiger partial charge in [-0.25, -0.2) is 9.98 Å². The van der Waals surface area contributed by atoms with E-state index < -0.39 is 0 Å². The van der Waals surface area contributed by atoms with E-state index in [4.69, 9.17) is 14.4 Å². The summed E-state index contributed by atoms with van der Waals surface area (Å²) in [5.41, 5.74) is 7.80. The minimum absolute atomic E-state index is 0.354. The van der Waals surface area contributed by atoms with Gasteiger partial charge < -0.3 is 14.3 Å². The van der Waals surface area contributed by atoms with E-state index in [1.54, 1.807) is 0 Å². The molecule has 1 atom stereocenters. The maximum Gasteiger partial charge on any atom is 0.160 e. The smallest absolute Gasteiger partial charge is 0.160 e. The molecule has 1 N–H and O–H groups in total. The number of furan rings is 1. The second-order valence-corrected chi connectivity index (χ2v) is 15.8. The fourth-order valence-corrected chi connectivity index (χ4v) is 9.50. The molecular weight excluding hydrogens is 733 g/mol. The number of benzene rings is 10. The van der Waals surface area contributed by atoms with Crippen molar-refractivity contribution in [3.63, 3.8) is 0 Å². The summed E-state index contributed by atoms with van der Waals surface area (Å²) in [6.45, 7) is 0. The summed E-state index contributed by atoms with van der Waals surface area (Å²) in [6, 6.07) is 69.2. The van der Waals surface area contributed by atoms with Gasteiger partial charge in [0.25, 0.3) is 0 Å². The Balaban J connectivity index is 1.13. The number of aromatic nitrogens is 1. The molecule has 0 bridgehead atoms. The second kappa shape index (κ2) is 12.7. The van der Waals surface area contributed by atoms with Crippen molar-refractivity contribution in [1.82, 2.24) is 9.88 Å². The van der Waals surface area contributed by atoms with Crippen LogP contribution in [0.4, 0.5) is 0 Å². The van der Waals surface area contributed by atoms with Crippen molar-refractivity contribution in [3.05, 3.63) is 211 Å². The first-order chi connectivity index (χ1) is 29.7. The number of fused-ring (bicyclic) bond motifs is 11. The molecule has 5 heteroatoms. The van der Waals surface area contributed by atoms with Crippen LogP contribution in [0.25, 0.3) is 92.5 Å². The lowest BCUT2D eigenvalue weighted by Gasteiger charge is -2.24. The molecule has 0 spiro atoms. The number of hydrogen-bond donors (Lipinski definition) is 1. The van der Waals surface area contributed by atoms with Gasteiger partial charge in [-0.2, -0.15) is 0 Å². The third-order valence-electron chi connectivity index (χ3n) is 12.4. The summed E-state index contributed by atoms with van der Waals surface area (Å²) in [6.07, 6.45) is -0.354. The summed E-state index contributed by atoms with van der Waals surface area (Å²) >= 11 is 0. The third kappa shape index (κ3) is 4.99. The van der Waals surface area contributed by atoms with E-state index in [1.165, 1.54) is 37.7 Å². The van der Waals surface area contributed by atoms with Gasteiger partial charge in [0.1, 0.15) is 17.6 Å². The zero-order valence-corrected chi connectivity index (χ0v) is 32.3. The number of hydrogen-bond acceptors (Lipinski definition) is 4. The topological polar surface area (TPSA) is 54.8 Å². The lowest BCUT2D eigenvalue weighted by molar-refractivity contribution is 0.666. The van der Waals surface area contributed by atoms with Crippen LogP contribution in [0.2, 0.25) is 0 Å². The average Bonchev–Trinajstić information content (AvgIpc) is 3.85. The van der Waals surface area contributed by atoms with Gasteiger partial charge in [-0.3, -0.25) is 0 Å². The Morgan fingerprint density at radius 1 is 0.467 bits per heavy atom. The molecule has 0 amide bonds. The summed E-state index contributed by atoms with van der Waals surface area (Å²) in [4.78, 5) is 10.8. The van der Waals surface area contributed by atoms with Gasteiger partial charge in [-0.05, 0) is 97.2 Å². The molecule has 1 unspecified atom stereocenters. The van der Waals surface area contributed by atoms with Crippen LogP contribution in [0.1, 0.15) is 22.9 Å². The molecular formula is C55H34N4O. The van der Waals surface area contributed by atoms with Crippen molar-refractivity contribution in [2.24, 2.45) is 9.98 Å². The first-order valence-corrected chi connectivity index (χ1v) is 20.4. The van der Waals surface area contributed by atoms with Crippen molar-refractivity contribution in [1.29, 1.82) is 0 Å². The molecule has 0 fully saturated rings. The summed E-state index contributed by atoms with van der Waals surface area (Å²) in [5, 5.41) is 17.6. The number of rotatable bonds is 4. The Morgan fingerprint density at radius 3 is 1.88 bits per heavy atom. The highest BCUT2D eigenvalue weighted by Crippen LogP contribution is 2.44. The number of nitrogens with one attached hydrogen (secondary N) is 1. The highest BCUT2D eigenvalue weighted by atomic mass is 16.3. The first-order valence-electron chi connectivity index (χ1n) is 20.4. The van der Waals surface area contributed by atoms with E-state index in [0.29, 0.717) is 5.84 Å². The van der Waals surface area contributed by atoms with Crippen LogP contribution in [0.3, 0.4) is 0 Å². The van der Waals surface area contributed by atoms with Gasteiger partial charge in [0.05, 0.1) is 16.7 Å². The number of amidine groups is 2. The minimum atomic E-state index is -0.354. The molecule has 2 aromatic heterocycles. The van der Waals surface area contributed by atoms with Gasteiger partial charge in [-0.1, -0.05) is 146 Å². The molecule has 1 aliphatic heterocycles. The molecule has 10 aromatic carbocycles. The summed E-state index contributed by atoms with van der Waals surface area (Å²) in [5.74, 6) is 1.42. The Hall–Kier alpha value is -8.02. The molecule has 280 valence electrons. The summed E-state index contributed by atoms with van der Waals surface area (Å²) in [7, 11) is 0. The van der Waals surface area contributed by atoms with Crippen molar-refractivity contribution in [2.75, 3.05) is 0 Å². The van der Waals surface area contributed by atoms with E-state index in [1.807, 2.05) is 6.07 Å². The highest BCUT2D eigenvalue weighted by Gasteiger charge is 2.27. The second-order valence-electron chi connectivity index (χ2n) is 15.8. The average molecular weight is 767 g/mol. The van der Waals surface area contributed by atoms with Crippen LogP contribution >= 0.6 is 0 Å². The van der Waals surface area contributed by atoms with Crippen molar-refractivity contribution in [2.45, 2.75) is 6.17 Å².